The van der Waals surface area contributed by atoms with E-state index in [4.69, 9.17) is 18.9 Å². The third-order valence-corrected chi connectivity index (χ3v) is 5.75. The van der Waals surface area contributed by atoms with Gasteiger partial charge in [0, 0.05) is 42.3 Å². The Morgan fingerprint density at radius 1 is 0.806 bits per heavy atom. The van der Waals surface area contributed by atoms with Crippen molar-refractivity contribution in [2.75, 3.05) is 52.5 Å². The second-order valence-electron chi connectivity index (χ2n) is 7.42. The van der Waals surface area contributed by atoms with Gasteiger partial charge in [0.05, 0.1) is 34.5 Å². The van der Waals surface area contributed by atoms with Crippen molar-refractivity contribution < 1.29 is 18.9 Å². The SMILES string of the molecule is COc1cc(-c2cncc(-c3ccc(N4CCOCC4)cc3)c2C)cc(OC)c1OC. The topological polar surface area (TPSA) is 53.1 Å². The highest BCUT2D eigenvalue weighted by molar-refractivity contribution is 5.80. The maximum atomic E-state index is 5.53. The van der Waals surface area contributed by atoms with Crippen molar-refractivity contribution in [1.29, 1.82) is 0 Å². The number of aromatic nitrogens is 1. The molecular weight excluding hydrogens is 392 g/mol. The Morgan fingerprint density at radius 2 is 1.39 bits per heavy atom. The maximum Gasteiger partial charge on any atom is 0.203 e. The van der Waals surface area contributed by atoms with Crippen LogP contribution in [0.3, 0.4) is 0 Å². The Labute approximate surface area is 183 Å². The van der Waals surface area contributed by atoms with E-state index in [1.807, 2.05) is 24.5 Å². The molecule has 2 heterocycles. The molecule has 0 spiro atoms. The highest BCUT2D eigenvalue weighted by atomic mass is 16.5. The van der Waals surface area contributed by atoms with Gasteiger partial charge in [0.25, 0.3) is 0 Å². The zero-order valence-corrected chi connectivity index (χ0v) is 18.5. The number of hydrogen-bond donors (Lipinski definition) is 0. The first-order valence-electron chi connectivity index (χ1n) is 10.3. The van der Waals surface area contributed by atoms with Crippen LogP contribution in [0, 0.1) is 6.92 Å². The van der Waals surface area contributed by atoms with E-state index in [-0.39, 0.29) is 0 Å². The van der Waals surface area contributed by atoms with Gasteiger partial charge >= 0.3 is 0 Å². The molecule has 0 aliphatic carbocycles. The van der Waals surface area contributed by atoms with E-state index in [9.17, 15) is 0 Å². The smallest absolute Gasteiger partial charge is 0.203 e. The predicted molar refractivity (Wildman–Crippen MR) is 123 cm³/mol. The Hall–Kier alpha value is -3.25. The summed E-state index contributed by atoms with van der Waals surface area (Å²) in [5, 5.41) is 0. The molecule has 3 aromatic rings. The van der Waals surface area contributed by atoms with Crippen LogP contribution in [0.15, 0.2) is 48.8 Å². The van der Waals surface area contributed by atoms with Crippen molar-refractivity contribution in [2.24, 2.45) is 0 Å². The van der Waals surface area contributed by atoms with Gasteiger partial charge in [0.2, 0.25) is 5.75 Å². The van der Waals surface area contributed by atoms with Crippen molar-refractivity contribution in [3.8, 4) is 39.5 Å². The van der Waals surface area contributed by atoms with Crippen LogP contribution in [0.2, 0.25) is 0 Å². The van der Waals surface area contributed by atoms with E-state index in [0.717, 1.165) is 54.1 Å². The summed E-state index contributed by atoms with van der Waals surface area (Å²) < 4.78 is 22.0. The maximum absolute atomic E-state index is 5.53. The zero-order valence-electron chi connectivity index (χ0n) is 18.5. The largest absolute Gasteiger partial charge is 0.493 e. The molecule has 6 nitrogen and oxygen atoms in total. The van der Waals surface area contributed by atoms with Crippen molar-refractivity contribution >= 4 is 5.69 Å². The van der Waals surface area contributed by atoms with Crippen LogP contribution >= 0.6 is 0 Å². The van der Waals surface area contributed by atoms with Gasteiger partial charge in [-0.2, -0.15) is 0 Å². The van der Waals surface area contributed by atoms with Crippen LogP contribution in [0.1, 0.15) is 5.56 Å². The lowest BCUT2D eigenvalue weighted by Gasteiger charge is -2.29. The lowest BCUT2D eigenvalue weighted by molar-refractivity contribution is 0.122. The average Bonchev–Trinajstić information content (AvgIpc) is 2.84. The summed E-state index contributed by atoms with van der Waals surface area (Å²) in [7, 11) is 4.85. The summed E-state index contributed by atoms with van der Waals surface area (Å²) in [5.74, 6) is 1.82. The Morgan fingerprint density at radius 3 is 1.94 bits per heavy atom. The second kappa shape index (κ2) is 9.27. The van der Waals surface area contributed by atoms with E-state index < -0.39 is 0 Å². The number of pyridine rings is 1. The fraction of sp³-hybridized carbons (Fsp3) is 0.320. The number of ether oxygens (including phenoxy) is 4. The van der Waals surface area contributed by atoms with Crippen LogP contribution in [-0.2, 0) is 4.74 Å². The van der Waals surface area contributed by atoms with Gasteiger partial charge in [0.1, 0.15) is 0 Å². The first-order chi connectivity index (χ1) is 15.2. The molecule has 0 unspecified atom stereocenters. The number of rotatable bonds is 6. The number of anilines is 1. The van der Waals surface area contributed by atoms with E-state index in [2.05, 4.69) is 41.1 Å². The van der Waals surface area contributed by atoms with Crippen LogP contribution in [0.5, 0.6) is 17.2 Å². The highest BCUT2D eigenvalue weighted by Crippen LogP contribution is 2.42. The zero-order chi connectivity index (χ0) is 21.8. The predicted octanol–water partition coefficient (Wildman–Crippen LogP) is 4.59. The Balaban J connectivity index is 1.71. The highest BCUT2D eigenvalue weighted by Gasteiger charge is 2.17. The molecular formula is C25H28N2O4. The molecule has 0 bridgehead atoms. The molecule has 2 aromatic carbocycles. The molecule has 1 saturated heterocycles. The fourth-order valence-electron chi connectivity index (χ4n) is 4.02. The van der Waals surface area contributed by atoms with Gasteiger partial charge in [-0.3, -0.25) is 4.98 Å². The van der Waals surface area contributed by atoms with Crippen LogP contribution in [0.4, 0.5) is 5.69 Å². The summed E-state index contributed by atoms with van der Waals surface area (Å²) in [4.78, 5) is 6.88. The molecule has 0 N–H and O–H groups in total. The summed E-state index contributed by atoms with van der Waals surface area (Å²) in [5.41, 5.74) is 6.58. The van der Waals surface area contributed by atoms with Crippen LogP contribution < -0.4 is 19.1 Å². The lowest BCUT2D eigenvalue weighted by Crippen LogP contribution is -2.36. The fourth-order valence-corrected chi connectivity index (χ4v) is 4.02. The molecule has 1 aliphatic heterocycles. The van der Waals surface area contributed by atoms with Gasteiger partial charge < -0.3 is 23.8 Å². The third kappa shape index (κ3) is 4.16. The molecule has 4 rings (SSSR count). The molecule has 6 heteroatoms. The van der Waals surface area contributed by atoms with Gasteiger partial charge in [-0.05, 0) is 47.9 Å². The van der Waals surface area contributed by atoms with Crippen LogP contribution in [0.25, 0.3) is 22.3 Å². The molecule has 162 valence electrons. The monoisotopic (exact) mass is 420 g/mol. The molecule has 1 fully saturated rings. The summed E-state index contributed by atoms with van der Waals surface area (Å²) in [6, 6.07) is 12.6. The summed E-state index contributed by atoms with van der Waals surface area (Å²) >= 11 is 0. The first-order valence-corrected chi connectivity index (χ1v) is 10.3. The normalized spacial score (nSPS) is 13.7. The number of hydrogen-bond acceptors (Lipinski definition) is 6. The Kier molecular flexibility index (Phi) is 6.28. The standard InChI is InChI=1S/C25H28N2O4/c1-17-21(18-5-7-20(8-6-18)27-9-11-31-12-10-27)15-26-16-22(17)19-13-23(28-2)25(30-4)24(14-19)29-3/h5-8,13-16H,9-12H2,1-4H3. The van der Waals surface area contributed by atoms with Crippen molar-refractivity contribution in [1.82, 2.24) is 4.98 Å². The quantitative estimate of drug-likeness (QED) is 0.582. The van der Waals surface area contributed by atoms with Crippen molar-refractivity contribution in [3.63, 3.8) is 0 Å². The van der Waals surface area contributed by atoms with Crippen LogP contribution in [-0.4, -0.2) is 52.6 Å². The Bertz CT molecular complexity index is 1020. The molecule has 0 atom stereocenters. The molecule has 0 amide bonds. The van der Waals surface area contributed by atoms with Gasteiger partial charge in [-0.1, -0.05) is 12.1 Å². The van der Waals surface area contributed by atoms with E-state index in [0.29, 0.717) is 17.2 Å². The molecule has 0 saturated carbocycles. The molecule has 0 radical (unpaired) electrons. The minimum atomic E-state index is 0.578. The van der Waals surface area contributed by atoms with Gasteiger partial charge in [-0.15, -0.1) is 0 Å². The molecule has 31 heavy (non-hydrogen) atoms. The first kappa shape index (κ1) is 21.0. The third-order valence-electron chi connectivity index (χ3n) is 5.75. The van der Waals surface area contributed by atoms with Gasteiger partial charge in [-0.25, -0.2) is 0 Å². The number of nitrogens with zero attached hydrogens (tertiary/aromatic N) is 2. The van der Waals surface area contributed by atoms with Crippen molar-refractivity contribution in [2.45, 2.75) is 6.92 Å². The van der Waals surface area contributed by atoms with Crippen molar-refractivity contribution in [3.05, 3.63) is 54.4 Å². The van der Waals surface area contributed by atoms with E-state index in [1.54, 1.807) is 21.3 Å². The molecule has 1 aliphatic rings. The minimum Gasteiger partial charge on any atom is -0.493 e. The number of methoxy groups -OCH3 is 3. The minimum absolute atomic E-state index is 0.578. The summed E-state index contributed by atoms with van der Waals surface area (Å²) in [6.45, 7) is 5.53. The van der Waals surface area contributed by atoms with E-state index >= 15 is 0 Å². The number of benzene rings is 2. The van der Waals surface area contributed by atoms with Gasteiger partial charge in [0.15, 0.2) is 11.5 Å². The second-order valence-corrected chi connectivity index (χ2v) is 7.42. The number of morpholine rings is 1. The lowest BCUT2D eigenvalue weighted by atomic mass is 9.95. The molecule has 1 aromatic heterocycles. The summed E-state index contributed by atoms with van der Waals surface area (Å²) in [6.07, 6.45) is 3.79. The van der Waals surface area contributed by atoms with E-state index in [1.165, 1.54) is 5.69 Å². The average molecular weight is 421 g/mol.